The predicted octanol–water partition coefficient (Wildman–Crippen LogP) is 3.99. The van der Waals surface area contributed by atoms with Crippen LogP contribution in [0.1, 0.15) is 38.2 Å². The zero-order valence-corrected chi connectivity index (χ0v) is 11.4. The van der Waals surface area contributed by atoms with Crippen LogP contribution in [0.2, 0.25) is 0 Å². The second-order valence-corrected chi connectivity index (χ2v) is 5.12. The number of halogens is 2. The fraction of sp³-hybridized carbons (Fsp3) is 0.500. The molecule has 1 aliphatic carbocycles. The summed E-state index contributed by atoms with van der Waals surface area (Å²) in [7, 11) is 0. The molecule has 1 aliphatic rings. The van der Waals surface area contributed by atoms with Crippen LogP contribution in [-0.2, 0) is 6.42 Å². The van der Waals surface area contributed by atoms with Gasteiger partial charge in [-0.05, 0) is 50.3 Å². The van der Waals surface area contributed by atoms with Crippen molar-refractivity contribution in [2.24, 2.45) is 0 Å². The Morgan fingerprint density at radius 3 is 2.79 bits per heavy atom. The highest BCUT2D eigenvalue weighted by molar-refractivity contribution is 5.24. The van der Waals surface area contributed by atoms with Gasteiger partial charge < -0.3 is 5.32 Å². The second-order valence-electron chi connectivity index (χ2n) is 5.12. The summed E-state index contributed by atoms with van der Waals surface area (Å²) in [6.07, 6.45) is 7.30. The molecule has 1 atom stereocenters. The highest BCUT2D eigenvalue weighted by Crippen LogP contribution is 2.24. The Kier molecular flexibility index (Phi) is 5.08. The van der Waals surface area contributed by atoms with Crippen LogP contribution in [0, 0.1) is 11.6 Å². The van der Waals surface area contributed by atoms with E-state index in [0.717, 1.165) is 31.9 Å². The van der Waals surface area contributed by atoms with Crippen LogP contribution in [0.5, 0.6) is 0 Å². The van der Waals surface area contributed by atoms with Crippen molar-refractivity contribution in [2.75, 3.05) is 6.54 Å². The van der Waals surface area contributed by atoms with E-state index in [1.54, 1.807) is 6.07 Å². The first-order chi connectivity index (χ1) is 9.20. The van der Waals surface area contributed by atoms with E-state index in [9.17, 15) is 8.78 Å². The molecule has 104 valence electrons. The van der Waals surface area contributed by atoms with Crippen molar-refractivity contribution < 1.29 is 8.78 Å². The minimum absolute atomic E-state index is 0.183. The quantitative estimate of drug-likeness (QED) is 0.767. The molecular weight excluding hydrogens is 244 g/mol. The van der Waals surface area contributed by atoms with Gasteiger partial charge in [-0.3, -0.25) is 0 Å². The minimum Gasteiger partial charge on any atom is -0.310 e. The highest BCUT2D eigenvalue weighted by atomic mass is 19.1. The van der Waals surface area contributed by atoms with Crippen LogP contribution in [0.4, 0.5) is 8.78 Å². The van der Waals surface area contributed by atoms with Crippen molar-refractivity contribution in [3.8, 4) is 0 Å². The van der Waals surface area contributed by atoms with Gasteiger partial charge in [-0.1, -0.05) is 24.6 Å². The molecule has 0 saturated carbocycles. The molecule has 1 N–H and O–H groups in total. The average molecular weight is 265 g/mol. The number of nitrogens with one attached hydrogen (secondary N) is 1. The van der Waals surface area contributed by atoms with Gasteiger partial charge in [0, 0.05) is 12.1 Å². The first-order valence-corrected chi connectivity index (χ1v) is 7.07. The second kappa shape index (κ2) is 6.80. The Hall–Kier alpha value is -1.22. The SMILES string of the molecule is CCCNC(Cc1ccc(F)cc1F)C1=CCCC1. The zero-order chi connectivity index (χ0) is 13.7. The molecule has 1 nitrogen and oxygen atoms in total. The molecule has 3 heteroatoms. The molecule has 0 aliphatic heterocycles. The number of hydrogen-bond donors (Lipinski definition) is 1. The van der Waals surface area contributed by atoms with Crippen LogP contribution in [0.25, 0.3) is 0 Å². The first-order valence-electron chi connectivity index (χ1n) is 7.07. The molecule has 2 rings (SSSR count). The van der Waals surface area contributed by atoms with Gasteiger partial charge in [0.15, 0.2) is 0 Å². The number of hydrogen-bond acceptors (Lipinski definition) is 1. The van der Waals surface area contributed by atoms with Crippen LogP contribution in [0.3, 0.4) is 0 Å². The molecule has 0 aromatic heterocycles. The fourth-order valence-electron chi connectivity index (χ4n) is 2.57. The third-order valence-electron chi connectivity index (χ3n) is 3.60. The summed E-state index contributed by atoms with van der Waals surface area (Å²) < 4.78 is 26.7. The van der Waals surface area contributed by atoms with Crippen molar-refractivity contribution in [1.82, 2.24) is 5.32 Å². The number of benzene rings is 1. The van der Waals surface area contributed by atoms with E-state index in [2.05, 4.69) is 18.3 Å². The van der Waals surface area contributed by atoms with E-state index >= 15 is 0 Å². The largest absolute Gasteiger partial charge is 0.310 e. The molecule has 1 aromatic carbocycles. The maximum Gasteiger partial charge on any atom is 0.129 e. The van der Waals surface area contributed by atoms with Gasteiger partial charge in [-0.25, -0.2) is 8.78 Å². The van der Waals surface area contributed by atoms with Gasteiger partial charge in [0.25, 0.3) is 0 Å². The van der Waals surface area contributed by atoms with Gasteiger partial charge >= 0.3 is 0 Å². The number of allylic oxidation sites excluding steroid dienone is 1. The summed E-state index contributed by atoms with van der Waals surface area (Å²) in [5, 5.41) is 3.47. The van der Waals surface area contributed by atoms with E-state index in [0.29, 0.717) is 12.0 Å². The molecule has 0 amide bonds. The van der Waals surface area contributed by atoms with Crippen molar-refractivity contribution in [3.63, 3.8) is 0 Å². The van der Waals surface area contributed by atoms with Crippen molar-refractivity contribution >= 4 is 0 Å². The van der Waals surface area contributed by atoms with Crippen LogP contribution < -0.4 is 5.32 Å². The van der Waals surface area contributed by atoms with Crippen molar-refractivity contribution in [3.05, 3.63) is 47.0 Å². The summed E-state index contributed by atoms with van der Waals surface area (Å²) in [6, 6.07) is 4.04. The summed E-state index contributed by atoms with van der Waals surface area (Å²) in [5.41, 5.74) is 1.96. The van der Waals surface area contributed by atoms with Crippen LogP contribution in [0.15, 0.2) is 29.8 Å². The molecule has 0 saturated heterocycles. The Labute approximate surface area is 113 Å². The maximum absolute atomic E-state index is 13.7. The van der Waals surface area contributed by atoms with Crippen LogP contribution >= 0.6 is 0 Å². The van der Waals surface area contributed by atoms with E-state index in [4.69, 9.17) is 0 Å². The minimum atomic E-state index is -0.514. The lowest BCUT2D eigenvalue weighted by molar-refractivity contribution is 0.526. The topological polar surface area (TPSA) is 12.0 Å². The summed E-state index contributed by atoms with van der Waals surface area (Å²) >= 11 is 0. The lowest BCUT2D eigenvalue weighted by Gasteiger charge is -2.20. The monoisotopic (exact) mass is 265 g/mol. The van der Waals surface area contributed by atoms with Crippen molar-refractivity contribution in [2.45, 2.75) is 45.1 Å². The van der Waals surface area contributed by atoms with Gasteiger partial charge in [-0.15, -0.1) is 0 Å². The molecule has 0 spiro atoms. The smallest absolute Gasteiger partial charge is 0.129 e. The predicted molar refractivity (Wildman–Crippen MR) is 74.1 cm³/mol. The molecule has 0 fully saturated rings. The normalized spacial score (nSPS) is 16.5. The van der Waals surface area contributed by atoms with E-state index in [1.165, 1.54) is 18.1 Å². The Morgan fingerprint density at radius 1 is 1.32 bits per heavy atom. The zero-order valence-electron chi connectivity index (χ0n) is 11.4. The third kappa shape index (κ3) is 3.87. The van der Waals surface area contributed by atoms with Crippen LogP contribution in [-0.4, -0.2) is 12.6 Å². The van der Waals surface area contributed by atoms with E-state index < -0.39 is 11.6 Å². The fourth-order valence-corrected chi connectivity index (χ4v) is 2.57. The maximum atomic E-state index is 13.7. The molecule has 0 bridgehead atoms. The van der Waals surface area contributed by atoms with Crippen molar-refractivity contribution in [1.29, 1.82) is 0 Å². The van der Waals surface area contributed by atoms with Gasteiger partial charge in [0.05, 0.1) is 0 Å². The molecule has 0 radical (unpaired) electrons. The lowest BCUT2D eigenvalue weighted by Crippen LogP contribution is -2.33. The summed E-state index contributed by atoms with van der Waals surface area (Å²) in [4.78, 5) is 0. The standard InChI is InChI=1S/C16H21F2N/c1-2-9-19-16(12-5-3-4-6-12)10-13-7-8-14(17)11-15(13)18/h5,7-8,11,16,19H,2-4,6,9-10H2,1H3. The molecule has 0 heterocycles. The summed E-state index contributed by atoms with van der Waals surface area (Å²) in [6.45, 7) is 3.04. The van der Waals surface area contributed by atoms with Gasteiger partial charge in [-0.2, -0.15) is 0 Å². The summed E-state index contributed by atoms with van der Waals surface area (Å²) in [5.74, 6) is -0.957. The van der Waals surface area contributed by atoms with E-state index in [-0.39, 0.29) is 6.04 Å². The molecule has 1 unspecified atom stereocenters. The Bertz CT molecular complexity index is 454. The van der Waals surface area contributed by atoms with E-state index in [1.807, 2.05) is 0 Å². The lowest BCUT2D eigenvalue weighted by atomic mass is 9.97. The molecule has 1 aromatic rings. The average Bonchev–Trinajstić information content (AvgIpc) is 2.90. The molecule has 19 heavy (non-hydrogen) atoms. The third-order valence-corrected chi connectivity index (χ3v) is 3.60. The molecular formula is C16H21F2N. The Balaban J connectivity index is 2.10. The first kappa shape index (κ1) is 14.2. The number of rotatable bonds is 6. The van der Waals surface area contributed by atoms with Gasteiger partial charge in [0.2, 0.25) is 0 Å². The Morgan fingerprint density at radius 2 is 2.16 bits per heavy atom. The van der Waals surface area contributed by atoms with Gasteiger partial charge in [0.1, 0.15) is 11.6 Å². The highest BCUT2D eigenvalue weighted by Gasteiger charge is 2.18.